The Bertz CT molecular complexity index is 435. The predicted octanol–water partition coefficient (Wildman–Crippen LogP) is 2.23. The molecule has 3 fully saturated rings. The number of nitrogens with one attached hydrogen (secondary N) is 2. The number of rotatable bonds is 7. The van der Waals surface area contributed by atoms with Crippen LogP contribution in [0, 0.1) is 11.3 Å². The van der Waals surface area contributed by atoms with Gasteiger partial charge in [0.25, 0.3) is 0 Å². The van der Waals surface area contributed by atoms with Gasteiger partial charge in [-0.2, -0.15) is 0 Å². The molecule has 0 aromatic heterocycles. The highest BCUT2D eigenvalue weighted by molar-refractivity contribution is 5.79. The van der Waals surface area contributed by atoms with Crippen LogP contribution in [0.2, 0.25) is 0 Å². The van der Waals surface area contributed by atoms with Crippen molar-refractivity contribution in [2.24, 2.45) is 16.3 Å². The normalized spacial score (nSPS) is 25.2. The van der Waals surface area contributed by atoms with E-state index >= 15 is 0 Å². The third-order valence-electron chi connectivity index (χ3n) is 6.24. The lowest BCUT2D eigenvalue weighted by atomic mass is 9.65. The first-order valence-corrected chi connectivity index (χ1v) is 9.91. The Kier molecular flexibility index (Phi) is 5.70. The summed E-state index contributed by atoms with van der Waals surface area (Å²) in [6.07, 6.45) is 7.11. The van der Waals surface area contributed by atoms with Crippen molar-refractivity contribution >= 4 is 5.96 Å². The summed E-state index contributed by atoms with van der Waals surface area (Å²) in [5, 5.41) is 7.09. The molecular weight excluding hydrogens is 300 g/mol. The van der Waals surface area contributed by atoms with Gasteiger partial charge in [-0.15, -0.1) is 0 Å². The van der Waals surface area contributed by atoms with Crippen LogP contribution in [-0.2, 0) is 4.74 Å². The summed E-state index contributed by atoms with van der Waals surface area (Å²) in [7, 11) is 0. The van der Waals surface area contributed by atoms with Crippen LogP contribution in [0.15, 0.2) is 4.99 Å². The lowest BCUT2D eigenvalue weighted by molar-refractivity contribution is -0.00685. The van der Waals surface area contributed by atoms with Gasteiger partial charge >= 0.3 is 0 Å². The van der Waals surface area contributed by atoms with E-state index in [9.17, 15) is 0 Å². The standard InChI is InChI=1S/C19H36N4O/c1-4-20-17(22-15-19(8-5-9-19)16-6-7-16)21-14-18(2,3)23-10-12-24-13-11-23/h16H,4-15H2,1-3H3,(H2,20,21,22). The maximum Gasteiger partial charge on any atom is 0.191 e. The van der Waals surface area contributed by atoms with Crippen LogP contribution in [0.1, 0.15) is 52.9 Å². The second-order valence-electron chi connectivity index (χ2n) is 8.45. The molecule has 138 valence electrons. The number of aliphatic imine (C=N–C) groups is 1. The fourth-order valence-corrected chi connectivity index (χ4v) is 4.20. The summed E-state index contributed by atoms with van der Waals surface area (Å²) in [5.74, 6) is 1.97. The number of nitrogens with zero attached hydrogens (tertiary/aromatic N) is 2. The van der Waals surface area contributed by atoms with Crippen LogP contribution in [-0.4, -0.2) is 62.3 Å². The van der Waals surface area contributed by atoms with Gasteiger partial charge in [0, 0.05) is 31.7 Å². The smallest absolute Gasteiger partial charge is 0.191 e. The Balaban J connectivity index is 1.54. The average molecular weight is 337 g/mol. The van der Waals surface area contributed by atoms with E-state index in [1.54, 1.807) is 0 Å². The molecule has 0 radical (unpaired) electrons. The lowest BCUT2D eigenvalue weighted by Crippen LogP contribution is -2.52. The molecule has 3 aliphatic rings. The van der Waals surface area contributed by atoms with E-state index in [0.717, 1.165) is 57.8 Å². The van der Waals surface area contributed by atoms with E-state index in [0.29, 0.717) is 5.41 Å². The fraction of sp³-hybridized carbons (Fsp3) is 0.947. The van der Waals surface area contributed by atoms with Gasteiger partial charge in [-0.25, -0.2) is 0 Å². The number of morpholine rings is 1. The summed E-state index contributed by atoms with van der Waals surface area (Å²) in [6, 6.07) is 0. The maximum absolute atomic E-state index is 5.48. The van der Waals surface area contributed by atoms with Crippen LogP contribution >= 0.6 is 0 Å². The molecule has 0 aromatic carbocycles. The van der Waals surface area contributed by atoms with E-state index < -0.39 is 0 Å². The third kappa shape index (κ3) is 4.23. The molecule has 0 amide bonds. The van der Waals surface area contributed by atoms with Gasteiger partial charge in [-0.1, -0.05) is 6.42 Å². The Labute approximate surface area is 147 Å². The summed E-state index contributed by atoms with van der Waals surface area (Å²) in [4.78, 5) is 7.41. The predicted molar refractivity (Wildman–Crippen MR) is 99.5 cm³/mol. The Morgan fingerprint density at radius 1 is 1.21 bits per heavy atom. The molecular formula is C19H36N4O. The van der Waals surface area contributed by atoms with Gasteiger partial charge in [0.1, 0.15) is 0 Å². The summed E-state index contributed by atoms with van der Waals surface area (Å²) in [5.41, 5.74) is 0.659. The van der Waals surface area contributed by atoms with Crippen molar-refractivity contribution in [2.75, 3.05) is 45.9 Å². The molecule has 0 aromatic rings. The molecule has 3 rings (SSSR count). The first-order valence-electron chi connectivity index (χ1n) is 9.91. The molecule has 1 aliphatic heterocycles. The molecule has 1 saturated heterocycles. The molecule has 1 heterocycles. The van der Waals surface area contributed by atoms with Crippen LogP contribution in [0.4, 0.5) is 0 Å². The Hall–Kier alpha value is -0.810. The minimum Gasteiger partial charge on any atom is -0.379 e. The van der Waals surface area contributed by atoms with E-state index in [-0.39, 0.29) is 5.54 Å². The quantitative estimate of drug-likeness (QED) is 0.553. The molecule has 5 heteroatoms. The minimum atomic E-state index is 0.0801. The van der Waals surface area contributed by atoms with Crippen LogP contribution in [0.3, 0.4) is 0 Å². The third-order valence-corrected chi connectivity index (χ3v) is 6.24. The molecule has 24 heavy (non-hydrogen) atoms. The summed E-state index contributed by atoms with van der Waals surface area (Å²) >= 11 is 0. The highest BCUT2D eigenvalue weighted by Crippen LogP contribution is 2.56. The maximum atomic E-state index is 5.48. The highest BCUT2D eigenvalue weighted by atomic mass is 16.5. The van der Waals surface area contributed by atoms with Crippen molar-refractivity contribution in [3.05, 3.63) is 0 Å². The second-order valence-corrected chi connectivity index (χ2v) is 8.45. The number of ether oxygens (including phenoxy) is 1. The molecule has 2 saturated carbocycles. The van der Waals surface area contributed by atoms with Gasteiger partial charge in [0.15, 0.2) is 5.96 Å². The molecule has 0 unspecified atom stereocenters. The lowest BCUT2D eigenvalue weighted by Gasteiger charge is -2.43. The Morgan fingerprint density at radius 3 is 2.46 bits per heavy atom. The van der Waals surface area contributed by atoms with Crippen LogP contribution < -0.4 is 10.6 Å². The molecule has 2 aliphatic carbocycles. The molecule has 5 nitrogen and oxygen atoms in total. The monoisotopic (exact) mass is 336 g/mol. The molecule has 0 bridgehead atoms. The van der Waals surface area contributed by atoms with Crippen molar-refractivity contribution in [3.8, 4) is 0 Å². The SMILES string of the molecule is CCNC(=NCC(C)(C)N1CCOCC1)NCC1(C2CC2)CCC1. The highest BCUT2D eigenvalue weighted by Gasteiger charge is 2.48. The van der Waals surface area contributed by atoms with Gasteiger partial charge in [0.05, 0.1) is 19.8 Å². The van der Waals surface area contributed by atoms with E-state index in [4.69, 9.17) is 9.73 Å². The van der Waals surface area contributed by atoms with Gasteiger partial charge in [0.2, 0.25) is 0 Å². The van der Waals surface area contributed by atoms with E-state index in [2.05, 4.69) is 36.3 Å². The molecule has 0 atom stereocenters. The molecule has 0 spiro atoms. The van der Waals surface area contributed by atoms with Crippen molar-refractivity contribution in [1.29, 1.82) is 0 Å². The van der Waals surface area contributed by atoms with Crippen molar-refractivity contribution in [1.82, 2.24) is 15.5 Å². The first-order chi connectivity index (χ1) is 11.6. The van der Waals surface area contributed by atoms with Crippen LogP contribution in [0.5, 0.6) is 0 Å². The number of guanidine groups is 1. The van der Waals surface area contributed by atoms with Gasteiger partial charge in [-0.3, -0.25) is 9.89 Å². The van der Waals surface area contributed by atoms with Crippen molar-refractivity contribution in [2.45, 2.75) is 58.4 Å². The topological polar surface area (TPSA) is 48.9 Å². The number of hydrogen-bond donors (Lipinski definition) is 2. The fourth-order valence-electron chi connectivity index (χ4n) is 4.20. The largest absolute Gasteiger partial charge is 0.379 e. The molecule has 2 N–H and O–H groups in total. The first kappa shape index (κ1) is 18.0. The zero-order valence-corrected chi connectivity index (χ0v) is 15.9. The zero-order valence-electron chi connectivity index (χ0n) is 15.9. The van der Waals surface area contributed by atoms with Crippen molar-refractivity contribution in [3.63, 3.8) is 0 Å². The van der Waals surface area contributed by atoms with E-state index in [1.165, 1.54) is 32.1 Å². The van der Waals surface area contributed by atoms with Crippen LogP contribution in [0.25, 0.3) is 0 Å². The summed E-state index contributed by atoms with van der Waals surface area (Å²) in [6.45, 7) is 13.3. The number of hydrogen-bond acceptors (Lipinski definition) is 3. The van der Waals surface area contributed by atoms with Gasteiger partial charge < -0.3 is 15.4 Å². The zero-order chi connectivity index (χ0) is 17.0. The van der Waals surface area contributed by atoms with Gasteiger partial charge in [-0.05, 0) is 57.8 Å². The summed E-state index contributed by atoms with van der Waals surface area (Å²) < 4.78 is 5.48. The van der Waals surface area contributed by atoms with Crippen molar-refractivity contribution < 1.29 is 4.74 Å². The minimum absolute atomic E-state index is 0.0801. The average Bonchev–Trinajstić information content (AvgIpc) is 3.37. The van der Waals surface area contributed by atoms with E-state index in [1.807, 2.05) is 0 Å². The second kappa shape index (κ2) is 7.61. The Morgan fingerprint density at radius 2 is 1.92 bits per heavy atom.